The van der Waals surface area contributed by atoms with Gasteiger partial charge in [0.2, 0.25) is 5.91 Å². The monoisotopic (exact) mass is 299 g/mol. The predicted molar refractivity (Wildman–Crippen MR) is 86.2 cm³/mol. The second-order valence-electron chi connectivity index (χ2n) is 5.34. The van der Waals surface area contributed by atoms with E-state index in [-0.39, 0.29) is 11.7 Å². The lowest BCUT2D eigenvalue weighted by Crippen LogP contribution is -2.12. The van der Waals surface area contributed by atoms with Crippen molar-refractivity contribution in [1.29, 1.82) is 0 Å². The summed E-state index contributed by atoms with van der Waals surface area (Å²) in [5.41, 5.74) is 2.58. The first kappa shape index (κ1) is 16.0. The van der Waals surface area contributed by atoms with Gasteiger partial charge in [-0.05, 0) is 44.0 Å². The van der Waals surface area contributed by atoms with Crippen LogP contribution in [0, 0.1) is 6.92 Å². The van der Waals surface area contributed by atoms with E-state index in [1.165, 1.54) is 12.5 Å². The highest BCUT2D eigenvalue weighted by atomic mass is 16.3. The van der Waals surface area contributed by atoms with Gasteiger partial charge in [-0.15, -0.1) is 0 Å². The molecule has 0 saturated heterocycles. The lowest BCUT2D eigenvalue weighted by Gasteiger charge is -2.06. The number of amides is 1. The summed E-state index contributed by atoms with van der Waals surface area (Å²) in [6, 6.07) is 9.54. The average Bonchev–Trinajstić information content (AvgIpc) is 2.86. The number of furan rings is 1. The van der Waals surface area contributed by atoms with Gasteiger partial charge in [-0.3, -0.25) is 9.59 Å². The second kappa shape index (κ2) is 7.07. The molecular formula is C18H21NO3. The maximum absolute atomic E-state index is 12.0. The number of carbonyl (C=O) groups is 2. The first-order valence-electron chi connectivity index (χ1n) is 7.48. The minimum Gasteiger partial charge on any atom is -0.466 e. The summed E-state index contributed by atoms with van der Waals surface area (Å²) in [6.07, 6.45) is 1.73. The summed E-state index contributed by atoms with van der Waals surface area (Å²) in [4.78, 5) is 23.4. The number of aryl methyl sites for hydroxylation is 3. The molecule has 0 fully saturated rings. The Morgan fingerprint density at radius 1 is 1.23 bits per heavy atom. The summed E-state index contributed by atoms with van der Waals surface area (Å²) >= 11 is 0. The van der Waals surface area contributed by atoms with Crippen molar-refractivity contribution in [1.82, 2.24) is 0 Å². The van der Waals surface area contributed by atoms with Crippen LogP contribution in [0.2, 0.25) is 0 Å². The molecule has 22 heavy (non-hydrogen) atoms. The normalized spacial score (nSPS) is 10.5. The topological polar surface area (TPSA) is 59.3 Å². The van der Waals surface area contributed by atoms with Crippen LogP contribution in [0.3, 0.4) is 0 Å². The van der Waals surface area contributed by atoms with Gasteiger partial charge < -0.3 is 9.73 Å². The Morgan fingerprint density at radius 3 is 2.64 bits per heavy atom. The second-order valence-corrected chi connectivity index (χ2v) is 5.34. The number of hydrogen-bond acceptors (Lipinski definition) is 3. The number of benzene rings is 1. The number of ketones is 1. The zero-order valence-corrected chi connectivity index (χ0v) is 13.2. The van der Waals surface area contributed by atoms with Crippen molar-refractivity contribution in [2.75, 3.05) is 5.32 Å². The molecule has 1 N–H and O–H groups in total. The highest BCUT2D eigenvalue weighted by molar-refractivity contribution is 5.95. The van der Waals surface area contributed by atoms with Crippen molar-refractivity contribution < 1.29 is 14.0 Å². The lowest BCUT2D eigenvalue weighted by atomic mass is 10.1. The zero-order chi connectivity index (χ0) is 16.1. The molecule has 0 aliphatic rings. The van der Waals surface area contributed by atoms with Gasteiger partial charge >= 0.3 is 0 Å². The van der Waals surface area contributed by atoms with Gasteiger partial charge in [-0.25, -0.2) is 0 Å². The molecule has 1 amide bonds. The fourth-order valence-corrected chi connectivity index (χ4v) is 2.35. The third-order valence-corrected chi connectivity index (χ3v) is 3.57. The number of hydrogen-bond donors (Lipinski definition) is 1. The molecule has 0 saturated carbocycles. The van der Waals surface area contributed by atoms with E-state index in [1.807, 2.05) is 24.3 Å². The fraction of sp³-hybridized carbons (Fsp3) is 0.333. The highest BCUT2D eigenvalue weighted by Crippen LogP contribution is 2.17. The van der Waals surface area contributed by atoms with Crippen molar-refractivity contribution in [3.8, 4) is 0 Å². The van der Waals surface area contributed by atoms with E-state index in [2.05, 4.69) is 12.2 Å². The Morgan fingerprint density at radius 2 is 2.00 bits per heavy atom. The van der Waals surface area contributed by atoms with Crippen molar-refractivity contribution in [2.24, 2.45) is 0 Å². The minimum absolute atomic E-state index is 0.0201. The number of rotatable bonds is 6. The van der Waals surface area contributed by atoms with Gasteiger partial charge in [0.15, 0.2) is 5.78 Å². The van der Waals surface area contributed by atoms with E-state index in [9.17, 15) is 9.59 Å². The van der Waals surface area contributed by atoms with Crippen LogP contribution in [0.15, 0.2) is 34.7 Å². The molecule has 2 rings (SSSR count). The van der Waals surface area contributed by atoms with Crippen LogP contribution in [0.5, 0.6) is 0 Å². The molecule has 2 aromatic rings. The van der Waals surface area contributed by atoms with Crippen LogP contribution >= 0.6 is 0 Å². The highest BCUT2D eigenvalue weighted by Gasteiger charge is 2.12. The van der Waals surface area contributed by atoms with Gasteiger partial charge in [0.25, 0.3) is 0 Å². The molecular weight excluding hydrogens is 278 g/mol. The van der Waals surface area contributed by atoms with E-state index >= 15 is 0 Å². The average molecular weight is 299 g/mol. The van der Waals surface area contributed by atoms with Crippen molar-refractivity contribution in [3.05, 3.63) is 53.0 Å². The molecule has 0 aliphatic carbocycles. The standard InChI is InChI=1S/C18H21NO3/c1-4-14-6-5-7-15(10-14)19-18(21)9-8-16-11-17(12(2)20)13(3)22-16/h5-7,10-11H,4,8-9H2,1-3H3,(H,19,21). The molecule has 0 aliphatic heterocycles. The number of nitrogens with one attached hydrogen (secondary N) is 1. The van der Waals surface area contributed by atoms with Crippen molar-refractivity contribution in [2.45, 2.75) is 40.0 Å². The molecule has 0 bridgehead atoms. The van der Waals surface area contributed by atoms with Gasteiger partial charge in [-0.1, -0.05) is 19.1 Å². The molecule has 4 heteroatoms. The van der Waals surface area contributed by atoms with Gasteiger partial charge in [0, 0.05) is 18.5 Å². The van der Waals surface area contributed by atoms with E-state index in [0.29, 0.717) is 29.9 Å². The summed E-state index contributed by atoms with van der Waals surface area (Å²) < 4.78 is 5.51. The van der Waals surface area contributed by atoms with Crippen molar-refractivity contribution in [3.63, 3.8) is 0 Å². The van der Waals surface area contributed by atoms with Crippen LogP contribution in [0.4, 0.5) is 5.69 Å². The number of Topliss-reactive ketones (excluding diaryl/α,β-unsaturated/α-hetero) is 1. The quantitative estimate of drug-likeness (QED) is 0.822. The van der Waals surface area contributed by atoms with Gasteiger partial charge in [-0.2, -0.15) is 0 Å². The third kappa shape index (κ3) is 4.07. The maximum Gasteiger partial charge on any atom is 0.224 e. The Labute approximate surface area is 130 Å². The Balaban J connectivity index is 1.92. The zero-order valence-electron chi connectivity index (χ0n) is 13.2. The molecule has 1 aromatic carbocycles. The van der Waals surface area contributed by atoms with Crippen LogP contribution in [-0.4, -0.2) is 11.7 Å². The van der Waals surface area contributed by atoms with E-state index in [1.54, 1.807) is 13.0 Å². The third-order valence-electron chi connectivity index (χ3n) is 3.57. The minimum atomic E-state index is -0.0633. The van der Waals surface area contributed by atoms with Crippen molar-refractivity contribution >= 4 is 17.4 Å². The molecule has 1 heterocycles. The largest absolute Gasteiger partial charge is 0.466 e. The smallest absolute Gasteiger partial charge is 0.224 e. The van der Waals surface area contributed by atoms with Crippen LogP contribution in [0.25, 0.3) is 0 Å². The van der Waals surface area contributed by atoms with E-state index in [0.717, 1.165) is 12.1 Å². The number of carbonyl (C=O) groups excluding carboxylic acids is 2. The van der Waals surface area contributed by atoms with E-state index < -0.39 is 0 Å². The summed E-state index contributed by atoms with van der Waals surface area (Å²) in [7, 11) is 0. The molecule has 0 spiro atoms. The SMILES string of the molecule is CCc1cccc(NC(=O)CCc2cc(C(C)=O)c(C)o2)c1. The Kier molecular flexibility index (Phi) is 5.15. The molecule has 116 valence electrons. The fourth-order valence-electron chi connectivity index (χ4n) is 2.35. The van der Waals surface area contributed by atoms with E-state index in [4.69, 9.17) is 4.42 Å². The molecule has 1 aromatic heterocycles. The number of anilines is 1. The lowest BCUT2D eigenvalue weighted by molar-refractivity contribution is -0.116. The van der Waals surface area contributed by atoms with Crippen LogP contribution in [0.1, 0.15) is 47.7 Å². The molecule has 4 nitrogen and oxygen atoms in total. The summed E-state index contributed by atoms with van der Waals surface area (Å²) in [5, 5.41) is 2.88. The maximum atomic E-state index is 12.0. The summed E-state index contributed by atoms with van der Waals surface area (Å²) in [5.74, 6) is 1.19. The molecule has 0 radical (unpaired) electrons. The first-order chi connectivity index (χ1) is 10.5. The molecule has 0 unspecified atom stereocenters. The first-order valence-corrected chi connectivity index (χ1v) is 7.48. The molecule has 0 atom stereocenters. The predicted octanol–water partition coefficient (Wildman–Crippen LogP) is 3.92. The van der Waals surface area contributed by atoms with Crippen LogP contribution < -0.4 is 5.32 Å². The Hall–Kier alpha value is -2.36. The summed E-state index contributed by atoms with van der Waals surface area (Å²) in [6.45, 7) is 5.35. The Bertz CT molecular complexity index is 685. The van der Waals surface area contributed by atoms with Gasteiger partial charge in [0.1, 0.15) is 11.5 Å². The van der Waals surface area contributed by atoms with Crippen LogP contribution in [-0.2, 0) is 17.6 Å². The van der Waals surface area contributed by atoms with Gasteiger partial charge in [0.05, 0.1) is 5.56 Å².